The maximum atomic E-state index is 14.3. The zero-order valence-electron chi connectivity index (χ0n) is 13.5. The minimum absolute atomic E-state index is 0.0262. The number of hydrogen-bond donors (Lipinski definition) is 1. The monoisotopic (exact) mass is 370 g/mol. The molecular formula is C19H10F4N4. The van der Waals surface area contributed by atoms with Gasteiger partial charge in [0.25, 0.3) is 0 Å². The first-order chi connectivity index (χ1) is 13.0. The molecule has 2 N–H and O–H groups in total. The van der Waals surface area contributed by atoms with Gasteiger partial charge >= 0.3 is 0 Å². The van der Waals surface area contributed by atoms with Crippen LogP contribution in [0.15, 0.2) is 48.7 Å². The molecule has 0 saturated heterocycles. The third-order valence-corrected chi connectivity index (χ3v) is 4.02. The van der Waals surface area contributed by atoms with Gasteiger partial charge in [0, 0.05) is 23.2 Å². The first-order valence-corrected chi connectivity index (χ1v) is 7.77. The topological polar surface area (TPSA) is 64.7 Å². The van der Waals surface area contributed by atoms with Gasteiger partial charge < -0.3 is 5.73 Å². The van der Waals surface area contributed by atoms with Crippen molar-refractivity contribution in [3.63, 3.8) is 0 Å². The van der Waals surface area contributed by atoms with Crippen molar-refractivity contribution in [2.75, 3.05) is 5.73 Å². The van der Waals surface area contributed by atoms with Crippen LogP contribution in [0.5, 0.6) is 0 Å². The van der Waals surface area contributed by atoms with Crippen LogP contribution in [0.1, 0.15) is 0 Å². The molecule has 2 aromatic heterocycles. The van der Waals surface area contributed by atoms with E-state index in [4.69, 9.17) is 5.73 Å². The summed E-state index contributed by atoms with van der Waals surface area (Å²) in [5, 5.41) is 0.266. The molecule has 8 heteroatoms. The highest BCUT2D eigenvalue weighted by atomic mass is 19.1. The molecule has 0 bridgehead atoms. The molecule has 0 fully saturated rings. The van der Waals surface area contributed by atoms with E-state index in [2.05, 4.69) is 15.0 Å². The first-order valence-electron chi connectivity index (χ1n) is 7.77. The predicted molar refractivity (Wildman–Crippen MR) is 92.4 cm³/mol. The molecule has 27 heavy (non-hydrogen) atoms. The second-order valence-electron chi connectivity index (χ2n) is 5.71. The lowest BCUT2D eigenvalue weighted by Gasteiger charge is -2.11. The maximum Gasteiger partial charge on any atom is 0.221 e. The van der Waals surface area contributed by atoms with E-state index in [-0.39, 0.29) is 39.4 Å². The molecule has 0 aliphatic heterocycles. The molecule has 2 aromatic carbocycles. The van der Waals surface area contributed by atoms with Crippen molar-refractivity contribution >= 4 is 16.9 Å². The number of pyridine rings is 1. The van der Waals surface area contributed by atoms with Crippen molar-refractivity contribution in [1.82, 2.24) is 15.0 Å². The Morgan fingerprint density at radius 2 is 1.52 bits per heavy atom. The highest BCUT2D eigenvalue weighted by Gasteiger charge is 2.20. The summed E-state index contributed by atoms with van der Waals surface area (Å²) in [4.78, 5) is 12.1. The zero-order valence-corrected chi connectivity index (χ0v) is 13.5. The summed E-state index contributed by atoms with van der Waals surface area (Å²) >= 11 is 0. The molecule has 4 nitrogen and oxygen atoms in total. The van der Waals surface area contributed by atoms with Gasteiger partial charge in [0.05, 0.1) is 11.3 Å². The molecule has 0 saturated carbocycles. The average molecular weight is 370 g/mol. The lowest BCUT2D eigenvalue weighted by Crippen LogP contribution is -2.02. The minimum Gasteiger partial charge on any atom is -0.368 e. The quantitative estimate of drug-likeness (QED) is 0.528. The van der Waals surface area contributed by atoms with E-state index in [1.165, 1.54) is 24.4 Å². The lowest BCUT2D eigenvalue weighted by molar-refractivity contribution is 0.585. The largest absolute Gasteiger partial charge is 0.368 e. The van der Waals surface area contributed by atoms with Crippen LogP contribution in [0.2, 0.25) is 0 Å². The van der Waals surface area contributed by atoms with Crippen molar-refractivity contribution in [3.05, 3.63) is 71.9 Å². The molecule has 4 aromatic rings. The van der Waals surface area contributed by atoms with Crippen LogP contribution in [-0.4, -0.2) is 15.0 Å². The van der Waals surface area contributed by atoms with Crippen molar-refractivity contribution in [3.8, 4) is 22.5 Å². The Balaban J connectivity index is 2.08. The third kappa shape index (κ3) is 2.84. The number of aromatic nitrogens is 3. The Labute approximate surface area is 150 Å². The predicted octanol–water partition coefficient (Wildman–Crippen LogP) is 4.50. The van der Waals surface area contributed by atoms with Crippen LogP contribution in [0, 0.1) is 23.3 Å². The Morgan fingerprint density at radius 1 is 0.778 bits per heavy atom. The van der Waals surface area contributed by atoms with Crippen molar-refractivity contribution in [2.45, 2.75) is 0 Å². The zero-order chi connectivity index (χ0) is 19.1. The molecule has 0 unspecified atom stereocenters. The van der Waals surface area contributed by atoms with E-state index in [0.29, 0.717) is 6.07 Å². The molecule has 0 radical (unpaired) electrons. The molecular weight excluding hydrogens is 360 g/mol. The maximum absolute atomic E-state index is 14.3. The summed E-state index contributed by atoms with van der Waals surface area (Å²) in [6.45, 7) is 0. The molecule has 2 heterocycles. The van der Waals surface area contributed by atoms with Crippen molar-refractivity contribution in [1.29, 1.82) is 0 Å². The van der Waals surface area contributed by atoms with E-state index in [9.17, 15) is 17.6 Å². The van der Waals surface area contributed by atoms with E-state index >= 15 is 0 Å². The normalized spacial score (nSPS) is 11.1. The van der Waals surface area contributed by atoms with Crippen molar-refractivity contribution < 1.29 is 17.6 Å². The van der Waals surface area contributed by atoms with Gasteiger partial charge in [0.1, 0.15) is 34.5 Å². The van der Waals surface area contributed by atoms with Gasteiger partial charge in [-0.05, 0) is 30.3 Å². The van der Waals surface area contributed by atoms with Crippen LogP contribution < -0.4 is 5.73 Å². The average Bonchev–Trinajstić information content (AvgIpc) is 2.61. The van der Waals surface area contributed by atoms with Crippen molar-refractivity contribution in [2.24, 2.45) is 0 Å². The molecule has 4 rings (SSSR count). The number of rotatable bonds is 2. The van der Waals surface area contributed by atoms with Gasteiger partial charge in [-0.25, -0.2) is 27.5 Å². The van der Waals surface area contributed by atoms with Gasteiger partial charge in [-0.3, -0.25) is 4.98 Å². The number of halogens is 4. The fourth-order valence-electron chi connectivity index (χ4n) is 2.87. The molecule has 0 amide bonds. The molecule has 0 spiro atoms. The van der Waals surface area contributed by atoms with E-state index in [1.807, 2.05) is 0 Å². The summed E-state index contributed by atoms with van der Waals surface area (Å²) in [7, 11) is 0. The number of nitrogens with two attached hydrogens (primary N) is 1. The standard InChI is InChI=1S/C19H10F4N4/c20-9-4-5-10(14(23)8-9)16-11-6-7-25-18(17(11)27-19(24)26-16)15-12(21)2-1-3-13(15)22/h1-8H,(H2,24,26,27). The Kier molecular flexibility index (Phi) is 3.95. The number of nitrogen functional groups attached to an aromatic ring is 1. The smallest absolute Gasteiger partial charge is 0.221 e. The Morgan fingerprint density at radius 3 is 2.22 bits per heavy atom. The number of nitrogens with zero attached hydrogens (tertiary/aromatic N) is 3. The number of benzene rings is 2. The van der Waals surface area contributed by atoms with E-state index in [1.54, 1.807) is 0 Å². The van der Waals surface area contributed by atoms with Crippen LogP contribution in [-0.2, 0) is 0 Å². The van der Waals surface area contributed by atoms with Gasteiger partial charge in [-0.2, -0.15) is 0 Å². The molecule has 134 valence electrons. The molecule has 0 atom stereocenters. The first kappa shape index (κ1) is 16.9. The van der Waals surface area contributed by atoms with Crippen LogP contribution >= 0.6 is 0 Å². The molecule has 0 aliphatic rings. The summed E-state index contributed by atoms with van der Waals surface area (Å²) < 4.78 is 56.0. The number of fused-ring (bicyclic) bond motifs is 1. The second-order valence-corrected chi connectivity index (χ2v) is 5.71. The SMILES string of the molecule is Nc1nc(-c2ccc(F)cc2F)c2ccnc(-c3c(F)cccc3F)c2n1. The number of anilines is 1. The summed E-state index contributed by atoms with van der Waals surface area (Å²) in [5.41, 5.74) is 5.34. The fraction of sp³-hybridized carbons (Fsp3) is 0. The molecule has 0 aliphatic carbocycles. The Hall–Kier alpha value is -3.55. The van der Waals surface area contributed by atoms with Crippen LogP contribution in [0.4, 0.5) is 23.5 Å². The van der Waals surface area contributed by atoms with E-state index < -0.39 is 23.3 Å². The van der Waals surface area contributed by atoms with Gasteiger partial charge in [0.2, 0.25) is 5.95 Å². The summed E-state index contributed by atoms with van der Waals surface area (Å²) in [6.07, 6.45) is 1.30. The highest BCUT2D eigenvalue weighted by molar-refractivity contribution is 5.99. The van der Waals surface area contributed by atoms with Gasteiger partial charge in [0.15, 0.2) is 0 Å². The lowest BCUT2D eigenvalue weighted by atomic mass is 10.0. The Bertz CT molecular complexity index is 1170. The highest BCUT2D eigenvalue weighted by Crippen LogP contribution is 2.34. The third-order valence-electron chi connectivity index (χ3n) is 4.02. The fourth-order valence-corrected chi connectivity index (χ4v) is 2.87. The second kappa shape index (κ2) is 6.31. The van der Waals surface area contributed by atoms with Crippen LogP contribution in [0.3, 0.4) is 0 Å². The van der Waals surface area contributed by atoms with Gasteiger partial charge in [-0.1, -0.05) is 6.07 Å². The summed E-state index contributed by atoms with van der Waals surface area (Å²) in [5.74, 6) is -3.51. The van der Waals surface area contributed by atoms with Gasteiger partial charge in [-0.15, -0.1) is 0 Å². The minimum atomic E-state index is -0.857. The van der Waals surface area contributed by atoms with Crippen LogP contribution in [0.25, 0.3) is 33.4 Å². The van der Waals surface area contributed by atoms with E-state index in [0.717, 1.165) is 18.2 Å². The number of hydrogen-bond acceptors (Lipinski definition) is 4. The summed E-state index contributed by atoms with van der Waals surface area (Å²) in [6, 6.07) is 7.85.